The van der Waals surface area contributed by atoms with Gasteiger partial charge in [-0.15, -0.1) is 0 Å². The van der Waals surface area contributed by atoms with Crippen molar-refractivity contribution < 1.29 is 28.5 Å². The van der Waals surface area contributed by atoms with E-state index in [1.807, 2.05) is 67.6 Å². The molecule has 3 aromatic carbocycles. The number of rotatable bonds is 10. The van der Waals surface area contributed by atoms with Crippen LogP contribution in [0.1, 0.15) is 18.1 Å². The molecule has 0 radical (unpaired) electrons. The van der Waals surface area contributed by atoms with E-state index in [4.69, 9.17) is 23.7 Å². The fourth-order valence-corrected chi connectivity index (χ4v) is 3.26. The smallest absolute Gasteiger partial charge is 0.363 e. The highest BCUT2D eigenvalue weighted by molar-refractivity contribution is 6.12. The molecule has 1 aliphatic heterocycles. The number of methoxy groups -OCH3 is 1. The molecule has 0 saturated carbocycles. The van der Waals surface area contributed by atoms with Crippen LogP contribution < -0.4 is 18.9 Å². The molecule has 0 saturated heterocycles. The summed E-state index contributed by atoms with van der Waals surface area (Å²) < 4.78 is 27.8. The summed E-state index contributed by atoms with van der Waals surface area (Å²) in [6, 6.07) is 22.1. The van der Waals surface area contributed by atoms with E-state index in [1.54, 1.807) is 25.3 Å². The van der Waals surface area contributed by atoms with Crippen LogP contribution >= 0.6 is 0 Å². The summed E-state index contributed by atoms with van der Waals surface area (Å²) >= 11 is 0. The standard InChI is InChI=1S/C27H25NO6/c1-3-31-25-18-19(17-23-27(29)34-26(28-23)20-7-5-4-6-8-20)9-14-24(25)33-16-15-32-22-12-10-21(30-2)11-13-22/h4-14,17-18H,3,15-16H2,1-2H3. The zero-order valence-electron chi connectivity index (χ0n) is 19.0. The van der Waals surface area contributed by atoms with Crippen molar-refractivity contribution in [3.8, 4) is 23.0 Å². The van der Waals surface area contributed by atoms with Crippen molar-refractivity contribution >= 4 is 17.9 Å². The van der Waals surface area contributed by atoms with Crippen molar-refractivity contribution in [1.82, 2.24) is 0 Å². The third-order valence-electron chi connectivity index (χ3n) is 4.88. The van der Waals surface area contributed by atoms with Crippen molar-refractivity contribution in [2.75, 3.05) is 26.9 Å². The van der Waals surface area contributed by atoms with Crippen LogP contribution in [0.25, 0.3) is 6.08 Å². The summed E-state index contributed by atoms with van der Waals surface area (Å²) in [5.41, 5.74) is 1.72. The highest BCUT2D eigenvalue weighted by atomic mass is 16.6. The summed E-state index contributed by atoms with van der Waals surface area (Å²) in [7, 11) is 1.62. The first-order valence-corrected chi connectivity index (χ1v) is 10.9. The minimum absolute atomic E-state index is 0.225. The summed E-state index contributed by atoms with van der Waals surface area (Å²) in [6.07, 6.45) is 1.66. The fraction of sp³-hybridized carbons (Fsp3) is 0.185. The number of hydrogen-bond donors (Lipinski definition) is 0. The van der Waals surface area contributed by atoms with Crippen molar-refractivity contribution in [2.45, 2.75) is 6.92 Å². The minimum Gasteiger partial charge on any atom is -0.497 e. The average Bonchev–Trinajstić information content (AvgIpc) is 3.24. The van der Waals surface area contributed by atoms with Crippen LogP contribution in [0.15, 0.2) is 83.5 Å². The average molecular weight is 459 g/mol. The van der Waals surface area contributed by atoms with Gasteiger partial charge in [-0.1, -0.05) is 24.3 Å². The number of esters is 1. The second-order valence-electron chi connectivity index (χ2n) is 7.21. The number of ether oxygens (including phenoxy) is 5. The van der Waals surface area contributed by atoms with Gasteiger partial charge in [0.2, 0.25) is 5.90 Å². The number of benzene rings is 3. The van der Waals surface area contributed by atoms with E-state index < -0.39 is 5.97 Å². The van der Waals surface area contributed by atoms with Gasteiger partial charge < -0.3 is 23.7 Å². The molecule has 7 nitrogen and oxygen atoms in total. The largest absolute Gasteiger partial charge is 0.497 e. The predicted molar refractivity (Wildman–Crippen MR) is 129 cm³/mol. The molecule has 3 aromatic rings. The van der Waals surface area contributed by atoms with Crippen molar-refractivity contribution in [2.24, 2.45) is 4.99 Å². The maximum atomic E-state index is 12.3. The Balaban J connectivity index is 1.41. The molecular formula is C27H25NO6. The van der Waals surface area contributed by atoms with Crippen molar-refractivity contribution in [3.63, 3.8) is 0 Å². The normalized spacial score (nSPS) is 13.9. The first-order chi connectivity index (χ1) is 16.7. The van der Waals surface area contributed by atoms with E-state index in [1.165, 1.54) is 0 Å². The lowest BCUT2D eigenvalue weighted by Gasteiger charge is -2.13. The third-order valence-corrected chi connectivity index (χ3v) is 4.88. The van der Waals surface area contributed by atoms with E-state index >= 15 is 0 Å². The molecule has 1 aliphatic rings. The molecule has 0 bridgehead atoms. The van der Waals surface area contributed by atoms with Crippen molar-refractivity contribution in [1.29, 1.82) is 0 Å². The van der Waals surface area contributed by atoms with E-state index in [0.717, 1.165) is 22.6 Å². The van der Waals surface area contributed by atoms with Gasteiger partial charge in [0.25, 0.3) is 0 Å². The van der Waals surface area contributed by atoms with E-state index in [-0.39, 0.29) is 5.70 Å². The molecule has 0 amide bonds. The van der Waals surface area contributed by atoms with E-state index in [9.17, 15) is 4.79 Å². The molecule has 34 heavy (non-hydrogen) atoms. The Kier molecular flexibility index (Phi) is 7.45. The summed E-state index contributed by atoms with van der Waals surface area (Å²) in [4.78, 5) is 16.6. The van der Waals surface area contributed by atoms with Gasteiger partial charge in [0.05, 0.1) is 13.7 Å². The van der Waals surface area contributed by atoms with Gasteiger partial charge in [0, 0.05) is 5.56 Å². The third kappa shape index (κ3) is 5.75. The molecule has 0 unspecified atom stereocenters. The maximum Gasteiger partial charge on any atom is 0.363 e. The van der Waals surface area contributed by atoms with E-state index in [2.05, 4.69) is 4.99 Å². The molecule has 0 spiro atoms. The molecule has 0 aromatic heterocycles. The van der Waals surface area contributed by atoms with Crippen LogP contribution in [0, 0.1) is 0 Å². The van der Waals surface area contributed by atoms with Gasteiger partial charge in [-0.3, -0.25) is 0 Å². The molecule has 7 heteroatoms. The lowest BCUT2D eigenvalue weighted by atomic mass is 10.1. The summed E-state index contributed by atoms with van der Waals surface area (Å²) in [6.45, 7) is 3.07. The van der Waals surface area contributed by atoms with Crippen LogP contribution in [0.2, 0.25) is 0 Å². The number of hydrogen-bond acceptors (Lipinski definition) is 7. The molecule has 174 valence electrons. The highest BCUT2D eigenvalue weighted by Gasteiger charge is 2.24. The highest BCUT2D eigenvalue weighted by Crippen LogP contribution is 2.30. The van der Waals surface area contributed by atoms with Gasteiger partial charge in [-0.05, 0) is 67.1 Å². The molecule has 0 N–H and O–H groups in total. The van der Waals surface area contributed by atoms with Gasteiger partial charge >= 0.3 is 5.97 Å². The van der Waals surface area contributed by atoms with Crippen LogP contribution in [0.4, 0.5) is 0 Å². The Labute approximate surface area is 198 Å². The number of aliphatic imine (C=N–C) groups is 1. The fourth-order valence-electron chi connectivity index (χ4n) is 3.26. The first-order valence-electron chi connectivity index (χ1n) is 10.9. The number of carbonyl (C=O) groups is 1. The molecule has 4 rings (SSSR count). The second-order valence-corrected chi connectivity index (χ2v) is 7.21. The molecule has 0 atom stereocenters. The Morgan fingerprint density at radius 2 is 1.59 bits per heavy atom. The number of nitrogens with zero attached hydrogens (tertiary/aromatic N) is 1. The zero-order valence-corrected chi connectivity index (χ0v) is 19.0. The van der Waals surface area contributed by atoms with E-state index in [0.29, 0.717) is 37.2 Å². The Morgan fingerprint density at radius 1 is 0.853 bits per heavy atom. The Hall–Kier alpha value is -4.26. The maximum absolute atomic E-state index is 12.3. The summed E-state index contributed by atoms with van der Waals surface area (Å²) in [5.74, 6) is 2.46. The van der Waals surface area contributed by atoms with Crippen molar-refractivity contribution in [3.05, 3.63) is 89.6 Å². The number of cyclic esters (lactones) is 1. The molecular weight excluding hydrogens is 434 g/mol. The van der Waals surface area contributed by atoms with Crippen LogP contribution in [-0.2, 0) is 9.53 Å². The van der Waals surface area contributed by atoms with Crippen LogP contribution in [0.3, 0.4) is 0 Å². The van der Waals surface area contributed by atoms with Gasteiger partial charge in [0.15, 0.2) is 17.2 Å². The topological polar surface area (TPSA) is 75.6 Å². The Morgan fingerprint density at radius 3 is 2.32 bits per heavy atom. The Bertz CT molecular complexity index is 1190. The van der Waals surface area contributed by atoms with Gasteiger partial charge in [-0.2, -0.15) is 0 Å². The minimum atomic E-state index is -0.493. The predicted octanol–water partition coefficient (Wildman–Crippen LogP) is 4.90. The van der Waals surface area contributed by atoms with Crippen LogP contribution in [0.5, 0.6) is 23.0 Å². The summed E-state index contributed by atoms with van der Waals surface area (Å²) in [5, 5.41) is 0. The quantitative estimate of drug-likeness (QED) is 0.244. The monoisotopic (exact) mass is 459 g/mol. The lowest BCUT2D eigenvalue weighted by Crippen LogP contribution is -2.10. The molecule has 1 heterocycles. The SMILES string of the molecule is CCOc1cc(C=C2N=C(c3ccccc3)OC2=O)ccc1OCCOc1ccc(OC)cc1. The molecule has 0 fully saturated rings. The number of carbonyl (C=O) groups excluding carboxylic acids is 1. The second kappa shape index (κ2) is 11.0. The van der Waals surface area contributed by atoms with Crippen LogP contribution in [-0.4, -0.2) is 38.8 Å². The lowest BCUT2D eigenvalue weighted by molar-refractivity contribution is -0.129. The first kappa shape index (κ1) is 22.9. The van der Waals surface area contributed by atoms with Gasteiger partial charge in [-0.25, -0.2) is 9.79 Å². The van der Waals surface area contributed by atoms with Gasteiger partial charge in [0.1, 0.15) is 24.7 Å². The zero-order chi connectivity index (χ0) is 23.8. The molecule has 0 aliphatic carbocycles.